The first kappa shape index (κ1) is 8.10. The third-order valence-electron chi connectivity index (χ3n) is 4.33. The van der Waals surface area contributed by atoms with E-state index in [1.54, 1.807) is 0 Å². The van der Waals surface area contributed by atoms with Gasteiger partial charge in [-0.3, -0.25) is 0 Å². The fraction of sp³-hybridized carbons (Fsp3) is 0.909. The first-order chi connectivity index (χ1) is 5.66. The van der Waals surface area contributed by atoms with E-state index in [-0.39, 0.29) is 0 Å². The van der Waals surface area contributed by atoms with Gasteiger partial charge in [0, 0.05) is 5.92 Å². The second-order valence-electron chi connectivity index (χ2n) is 5.04. The van der Waals surface area contributed by atoms with Crippen LogP contribution in [0.15, 0.2) is 0 Å². The lowest BCUT2D eigenvalue weighted by Crippen LogP contribution is -2.52. The molecular weight excluding hydrogens is 146 g/mol. The second-order valence-corrected chi connectivity index (χ2v) is 5.04. The van der Waals surface area contributed by atoms with Crippen molar-refractivity contribution < 1.29 is 0 Å². The maximum absolute atomic E-state index is 6.90. The molecule has 0 aromatic heterocycles. The summed E-state index contributed by atoms with van der Waals surface area (Å²) in [6.07, 6.45) is 4.11. The van der Waals surface area contributed by atoms with E-state index in [4.69, 9.17) is 6.57 Å². The zero-order valence-electron chi connectivity index (χ0n) is 8.01. The van der Waals surface area contributed by atoms with Crippen molar-refractivity contribution in [2.75, 3.05) is 6.54 Å². The Morgan fingerprint density at radius 2 is 2.17 bits per heavy atom. The fourth-order valence-electron chi connectivity index (χ4n) is 3.30. The fourth-order valence-corrected chi connectivity index (χ4v) is 3.30. The van der Waals surface area contributed by atoms with Gasteiger partial charge in [0.1, 0.15) is 0 Å². The first-order valence-corrected chi connectivity index (χ1v) is 4.99. The summed E-state index contributed by atoms with van der Waals surface area (Å²) in [7, 11) is 0. The van der Waals surface area contributed by atoms with Crippen LogP contribution in [-0.2, 0) is 0 Å². The quantitative estimate of drug-likeness (QED) is 0.523. The normalized spacial score (nSPS) is 42.9. The number of rotatable bonds is 1. The smallest absolute Gasteiger partial charge is 0.217 e. The molecule has 3 atom stereocenters. The molecule has 3 saturated carbocycles. The molecule has 3 rings (SSSR count). The highest BCUT2D eigenvalue weighted by molar-refractivity contribution is 5.04. The summed E-state index contributed by atoms with van der Waals surface area (Å²) < 4.78 is 0. The van der Waals surface area contributed by atoms with Gasteiger partial charge in [0.25, 0.3) is 0 Å². The second kappa shape index (κ2) is 2.49. The van der Waals surface area contributed by atoms with Crippen molar-refractivity contribution in [3.05, 3.63) is 11.4 Å². The molecule has 0 unspecified atom stereocenters. The molecule has 0 saturated heterocycles. The van der Waals surface area contributed by atoms with Crippen LogP contribution < -0.4 is 0 Å². The lowest BCUT2D eigenvalue weighted by Gasteiger charge is -2.59. The Morgan fingerprint density at radius 1 is 1.42 bits per heavy atom. The van der Waals surface area contributed by atoms with Crippen molar-refractivity contribution in [2.24, 2.45) is 23.2 Å². The molecule has 3 aliphatic rings. The summed E-state index contributed by atoms with van der Waals surface area (Å²) in [6, 6.07) is 0. The predicted octanol–water partition coefficient (Wildman–Crippen LogP) is 2.98. The summed E-state index contributed by atoms with van der Waals surface area (Å²) in [5.41, 5.74) is 0.563. The molecule has 12 heavy (non-hydrogen) atoms. The average Bonchev–Trinajstić information content (AvgIpc) is 2.05. The first-order valence-electron chi connectivity index (χ1n) is 4.99. The van der Waals surface area contributed by atoms with Crippen molar-refractivity contribution in [3.63, 3.8) is 0 Å². The lowest BCUT2D eigenvalue weighted by molar-refractivity contribution is -0.0994. The van der Waals surface area contributed by atoms with Crippen molar-refractivity contribution in [1.82, 2.24) is 0 Å². The molecule has 1 heteroatoms. The van der Waals surface area contributed by atoms with Gasteiger partial charge in [0.2, 0.25) is 6.54 Å². The Hall–Kier alpha value is -0.510. The molecule has 0 heterocycles. The van der Waals surface area contributed by atoms with E-state index in [0.717, 1.165) is 24.3 Å². The van der Waals surface area contributed by atoms with Gasteiger partial charge in [-0.2, -0.15) is 0 Å². The zero-order valence-corrected chi connectivity index (χ0v) is 8.01. The van der Waals surface area contributed by atoms with E-state index in [0.29, 0.717) is 5.41 Å². The van der Waals surface area contributed by atoms with Crippen molar-refractivity contribution >= 4 is 0 Å². The minimum atomic E-state index is 0.563. The molecule has 0 aromatic carbocycles. The van der Waals surface area contributed by atoms with Gasteiger partial charge in [-0.25, -0.2) is 6.57 Å². The number of fused-ring (bicyclic) bond motifs is 2. The molecular formula is C11H17N. The average molecular weight is 163 g/mol. The molecule has 0 aromatic rings. The molecule has 66 valence electrons. The number of hydrogen-bond donors (Lipinski definition) is 0. The third-order valence-corrected chi connectivity index (χ3v) is 4.33. The topological polar surface area (TPSA) is 4.36 Å². The summed E-state index contributed by atoms with van der Waals surface area (Å²) >= 11 is 0. The van der Waals surface area contributed by atoms with Crippen LogP contribution in [0, 0.1) is 29.7 Å². The molecule has 3 fully saturated rings. The van der Waals surface area contributed by atoms with Crippen LogP contribution in [0.25, 0.3) is 4.85 Å². The van der Waals surface area contributed by atoms with Gasteiger partial charge < -0.3 is 4.85 Å². The molecule has 0 amide bonds. The predicted molar refractivity (Wildman–Crippen MR) is 49.6 cm³/mol. The zero-order chi connectivity index (χ0) is 8.77. The molecule has 3 aliphatic carbocycles. The minimum absolute atomic E-state index is 0.563. The Morgan fingerprint density at radius 3 is 2.67 bits per heavy atom. The Labute approximate surface area is 75.0 Å². The van der Waals surface area contributed by atoms with Gasteiger partial charge in [0.15, 0.2) is 0 Å². The Balaban J connectivity index is 2.07. The van der Waals surface area contributed by atoms with E-state index in [1.165, 1.54) is 19.3 Å². The highest BCUT2D eigenvalue weighted by Gasteiger charge is 2.54. The van der Waals surface area contributed by atoms with E-state index in [2.05, 4.69) is 18.7 Å². The molecule has 0 radical (unpaired) electrons. The van der Waals surface area contributed by atoms with Crippen LogP contribution >= 0.6 is 0 Å². The third kappa shape index (κ3) is 0.905. The molecule has 1 nitrogen and oxygen atoms in total. The lowest BCUT2D eigenvalue weighted by atomic mass is 9.45. The van der Waals surface area contributed by atoms with Crippen LogP contribution in [0.5, 0.6) is 0 Å². The van der Waals surface area contributed by atoms with Crippen LogP contribution in [0.2, 0.25) is 0 Å². The van der Waals surface area contributed by atoms with Crippen LogP contribution in [0.3, 0.4) is 0 Å². The highest BCUT2D eigenvalue weighted by atomic mass is 14.7. The minimum Gasteiger partial charge on any atom is -0.317 e. The number of hydrogen-bond acceptors (Lipinski definition) is 0. The van der Waals surface area contributed by atoms with Crippen LogP contribution in [0.4, 0.5) is 0 Å². The summed E-state index contributed by atoms with van der Waals surface area (Å²) in [4.78, 5) is 3.55. The van der Waals surface area contributed by atoms with Crippen molar-refractivity contribution in [3.8, 4) is 0 Å². The SMILES string of the molecule is [C-]#[N+]C[C@@H]1CC[C@@H]2C[C@@H]1C2(C)C. The van der Waals surface area contributed by atoms with Gasteiger partial charge in [-0.05, 0) is 36.5 Å². The maximum atomic E-state index is 6.90. The van der Waals surface area contributed by atoms with E-state index in [1.807, 2.05) is 0 Å². The summed E-state index contributed by atoms with van der Waals surface area (Å²) in [6.45, 7) is 12.5. The van der Waals surface area contributed by atoms with Crippen LogP contribution in [-0.4, -0.2) is 6.54 Å². The molecule has 2 bridgehead atoms. The van der Waals surface area contributed by atoms with Gasteiger partial charge in [-0.15, -0.1) is 0 Å². The standard InChI is InChI=1S/C11H17N/c1-11(2)9-5-4-8(7-12-3)10(11)6-9/h8-10H,4-7H2,1-2H3/t8-,9+,10-/m0/s1. The van der Waals surface area contributed by atoms with E-state index >= 15 is 0 Å². The summed E-state index contributed by atoms with van der Waals surface area (Å²) in [5, 5.41) is 0. The Kier molecular flexibility index (Phi) is 1.68. The van der Waals surface area contributed by atoms with Crippen molar-refractivity contribution in [1.29, 1.82) is 0 Å². The van der Waals surface area contributed by atoms with Gasteiger partial charge in [-0.1, -0.05) is 13.8 Å². The van der Waals surface area contributed by atoms with Crippen LogP contribution in [0.1, 0.15) is 33.1 Å². The monoisotopic (exact) mass is 163 g/mol. The molecule has 0 aliphatic heterocycles. The molecule has 0 N–H and O–H groups in total. The largest absolute Gasteiger partial charge is 0.317 e. The number of nitrogens with zero attached hydrogens (tertiary/aromatic N) is 1. The highest BCUT2D eigenvalue weighted by Crippen LogP contribution is 2.61. The van der Waals surface area contributed by atoms with Gasteiger partial charge >= 0.3 is 0 Å². The summed E-state index contributed by atoms with van der Waals surface area (Å²) in [5.74, 6) is 2.57. The van der Waals surface area contributed by atoms with Gasteiger partial charge in [0.05, 0.1) is 0 Å². The van der Waals surface area contributed by atoms with E-state index in [9.17, 15) is 0 Å². The maximum Gasteiger partial charge on any atom is 0.217 e. The van der Waals surface area contributed by atoms with E-state index < -0.39 is 0 Å². The Bertz CT molecular complexity index is 222. The van der Waals surface area contributed by atoms with Crippen molar-refractivity contribution in [2.45, 2.75) is 33.1 Å². The molecule has 0 spiro atoms.